The molecule has 0 aliphatic heterocycles. The molecule has 0 saturated heterocycles. The summed E-state index contributed by atoms with van der Waals surface area (Å²) in [6.45, 7) is 2.53. The van der Waals surface area contributed by atoms with E-state index in [0.29, 0.717) is 12.4 Å². The van der Waals surface area contributed by atoms with Crippen LogP contribution in [0.5, 0.6) is 0 Å². The molecule has 3 heterocycles. The molecule has 114 valence electrons. The maximum absolute atomic E-state index is 5.18. The number of pyridine rings is 1. The van der Waals surface area contributed by atoms with Crippen LogP contribution in [0.25, 0.3) is 5.78 Å². The standard InChI is InChI=1S/C15H18N6O/c1-11(13-6-4-5-7-16-13)20(2)14-8-12(9-22-3)19-15-17-10-18-21(14)15/h4-8,10-11H,9H2,1-3H3. The molecule has 1 unspecified atom stereocenters. The minimum Gasteiger partial charge on any atom is -0.378 e. The van der Waals surface area contributed by atoms with Crippen molar-refractivity contribution in [1.29, 1.82) is 0 Å². The van der Waals surface area contributed by atoms with Crippen molar-refractivity contribution in [2.75, 3.05) is 19.1 Å². The van der Waals surface area contributed by atoms with Gasteiger partial charge in [-0.1, -0.05) is 6.07 Å². The summed E-state index contributed by atoms with van der Waals surface area (Å²) in [5, 5.41) is 4.26. The number of anilines is 1. The van der Waals surface area contributed by atoms with Gasteiger partial charge in [0.2, 0.25) is 0 Å². The molecule has 0 N–H and O–H groups in total. The number of ether oxygens (including phenoxy) is 1. The SMILES string of the molecule is COCc1cc(N(C)C(C)c2ccccn2)n2ncnc2n1. The highest BCUT2D eigenvalue weighted by Crippen LogP contribution is 2.24. The van der Waals surface area contributed by atoms with Crippen LogP contribution < -0.4 is 4.90 Å². The van der Waals surface area contributed by atoms with Crippen molar-refractivity contribution in [2.24, 2.45) is 0 Å². The maximum atomic E-state index is 5.18. The lowest BCUT2D eigenvalue weighted by atomic mass is 10.2. The van der Waals surface area contributed by atoms with E-state index in [-0.39, 0.29) is 6.04 Å². The molecule has 3 rings (SSSR count). The van der Waals surface area contributed by atoms with Crippen LogP contribution in [0.15, 0.2) is 36.8 Å². The first-order chi connectivity index (χ1) is 10.7. The summed E-state index contributed by atoms with van der Waals surface area (Å²) < 4.78 is 6.90. The first-order valence-corrected chi connectivity index (χ1v) is 7.03. The highest BCUT2D eigenvalue weighted by Gasteiger charge is 2.18. The monoisotopic (exact) mass is 298 g/mol. The Morgan fingerprint density at radius 2 is 2.18 bits per heavy atom. The summed E-state index contributed by atoms with van der Waals surface area (Å²) in [5.41, 5.74) is 1.81. The molecule has 3 aromatic heterocycles. The molecule has 7 heteroatoms. The van der Waals surface area contributed by atoms with E-state index in [9.17, 15) is 0 Å². The predicted octanol–water partition coefficient (Wildman–Crippen LogP) is 1.86. The summed E-state index contributed by atoms with van der Waals surface area (Å²) >= 11 is 0. The molecule has 0 aliphatic carbocycles. The Balaban J connectivity index is 2.02. The largest absolute Gasteiger partial charge is 0.378 e. The number of hydrogen-bond donors (Lipinski definition) is 0. The minimum absolute atomic E-state index is 0.0893. The van der Waals surface area contributed by atoms with Crippen LogP contribution in [0.3, 0.4) is 0 Å². The van der Waals surface area contributed by atoms with Gasteiger partial charge in [0.05, 0.1) is 24.0 Å². The van der Waals surface area contributed by atoms with Gasteiger partial charge in [-0.05, 0) is 19.1 Å². The first-order valence-electron chi connectivity index (χ1n) is 7.03. The fourth-order valence-electron chi connectivity index (χ4n) is 2.34. The average Bonchev–Trinajstić information content (AvgIpc) is 3.02. The van der Waals surface area contributed by atoms with Crippen LogP contribution in [-0.2, 0) is 11.3 Å². The quantitative estimate of drug-likeness (QED) is 0.716. The van der Waals surface area contributed by atoms with Gasteiger partial charge in [-0.15, -0.1) is 0 Å². The number of methoxy groups -OCH3 is 1. The zero-order chi connectivity index (χ0) is 15.5. The highest BCUT2D eigenvalue weighted by atomic mass is 16.5. The van der Waals surface area contributed by atoms with Gasteiger partial charge in [-0.25, -0.2) is 4.98 Å². The van der Waals surface area contributed by atoms with Gasteiger partial charge < -0.3 is 9.64 Å². The van der Waals surface area contributed by atoms with Crippen LogP contribution in [0.1, 0.15) is 24.4 Å². The Kier molecular flexibility index (Phi) is 3.97. The molecule has 0 bridgehead atoms. The van der Waals surface area contributed by atoms with Gasteiger partial charge >= 0.3 is 0 Å². The third-order valence-corrected chi connectivity index (χ3v) is 3.64. The number of hydrogen-bond acceptors (Lipinski definition) is 6. The number of fused-ring (bicyclic) bond motifs is 1. The van der Waals surface area contributed by atoms with E-state index in [2.05, 4.69) is 31.9 Å². The van der Waals surface area contributed by atoms with E-state index < -0.39 is 0 Å². The molecule has 0 aromatic carbocycles. The van der Waals surface area contributed by atoms with Gasteiger partial charge in [0.1, 0.15) is 12.1 Å². The molecule has 1 atom stereocenters. The second-order valence-electron chi connectivity index (χ2n) is 5.05. The van der Waals surface area contributed by atoms with Crippen LogP contribution in [-0.4, -0.2) is 38.7 Å². The summed E-state index contributed by atoms with van der Waals surface area (Å²) in [4.78, 5) is 15.1. The maximum Gasteiger partial charge on any atom is 0.254 e. The Morgan fingerprint density at radius 3 is 2.91 bits per heavy atom. The van der Waals surface area contributed by atoms with Gasteiger partial charge in [-0.2, -0.15) is 14.6 Å². The molecule has 0 spiro atoms. The van der Waals surface area contributed by atoms with Crippen molar-refractivity contribution in [3.63, 3.8) is 0 Å². The molecule has 3 aromatic rings. The molecular weight excluding hydrogens is 280 g/mol. The third kappa shape index (κ3) is 2.62. The number of aromatic nitrogens is 5. The topological polar surface area (TPSA) is 68.4 Å². The van der Waals surface area contributed by atoms with Gasteiger partial charge in [0, 0.05) is 26.4 Å². The van der Waals surface area contributed by atoms with Crippen molar-refractivity contribution in [3.05, 3.63) is 48.2 Å². The second kappa shape index (κ2) is 6.07. The zero-order valence-electron chi connectivity index (χ0n) is 12.8. The summed E-state index contributed by atoms with van der Waals surface area (Å²) in [6, 6.07) is 7.96. The lowest BCUT2D eigenvalue weighted by Crippen LogP contribution is -2.25. The normalized spacial score (nSPS) is 12.5. The number of rotatable bonds is 5. The van der Waals surface area contributed by atoms with E-state index in [0.717, 1.165) is 17.2 Å². The van der Waals surface area contributed by atoms with E-state index in [1.165, 1.54) is 6.33 Å². The first kappa shape index (κ1) is 14.4. The van der Waals surface area contributed by atoms with Crippen LogP contribution in [0, 0.1) is 0 Å². The van der Waals surface area contributed by atoms with E-state index in [4.69, 9.17) is 4.74 Å². The van der Waals surface area contributed by atoms with Gasteiger partial charge in [0.25, 0.3) is 5.78 Å². The van der Waals surface area contributed by atoms with Crippen LogP contribution in [0.4, 0.5) is 5.82 Å². The van der Waals surface area contributed by atoms with Crippen molar-refractivity contribution < 1.29 is 4.74 Å². The second-order valence-corrected chi connectivity index (χ2v) is 5.05. The van der Waals surface area contributed by atoms with Crippen molar-refractivity contribution >= 4 is 11.6 Å². The number of nitrogens with zero attached hydrogens (tertiary/aromatic N) is 6. The predicted molar refractivity (Wildman–Crippen MR) is 82.6 cm³/mol. The van der Waals surface area contributed by atoms with Crippen molar-refractivity contribution in [1.82, 2.24) is 24.6 Å². The third-order valence-electron chi connectivity index (χ3n) is 3.64. The molecule has 0 aliphatic rings. The fourth-order valence-corrected chi connectivity index (χ4v) is 2.34. The molecule has 0 amide bonds. The molecule has 0 radical (unpaired) electrons. The minimum atomic E-state index is 0.0893. The average molecular weight is 298 g/mol. The van der Waals surface area contributed by atoms with Gasteiger partial charge in [0.15, 0.2) is 0 Å². The molecule has 7 nitrogen and oxygen atoms in total. The molecule has 0 fully saturated rings. The van der Waals surface area contributed by atoms with Crippen molar-refractivity contribution in [2.45, 2.75) is 19.6 Å². The lowest BCUT2D eigenvalue weighted by Gasteiger charge is -2.26. The van der Waals surface area contributed by atoms with E-state index in [1.807, 2.05) is 31.3 Å². The molecular formula is C15H18N6O. The van der Waals surface area contributed by atoms with E-state index >= 15 is 0 Å². The summed E-state index contributed by atoms with van der Waals surface area (Å²) in [5.74, 6) is 1.46. The van der Waals surface area contributed by atoms with Crippen LogP contribution in [0.2, 0.25) is 0 Å². The van der Waals surface area contributed by atoms with E-state index in [1.54, 1.807) is 17.8 Å². The fraction of sp³-hybridized carbons (Fsp3) is 0.333. The smallest absolute Gasteiger partial charge is 0.254 e. The molecule has 0 saturated carbocycles. The Labute approximate surface area is 128 Å². The summed E-state index contributed by atoms with van der Waals surface area (Å²) in [6.07, 6.45) is 3.30. The van der Waals surface area contributed by atoms with Crippen LogP contribution >= 0.6 is 0 Å². The highest BCUT2D eigenvalue weighted by molar-refractivity contribution is 5.48. The van der Waals surface area contributed by atoms with Gasteiger partial charge in [-0.3, -0.25) is 4.98 Å². The molecule has 22 heavy (non-hydrogen) atoms. The summed E-state index contributed by atoms with van der Waals surface area (Å²) in [7, 11) is 3.65. The Morgan fingerprint density at radius 1 is 1.32 bits per heavy atom. The Bertz CT molecular complexity index is 757. The lowest BCUT2D eigenvalue weighted by molar-refractivity contribution is 0.181. The Hall–Kier alpha value is -2.54. The zero-order valence-corrected chi connectivity index (χ0v) is 12.8. The van der Waals surface area contributed by atoms with Crippen molar-refractivity contribution in [3.8, 4) is 0 Å².